The Bertz CT molecular complexity index is 1540. The third-order valence-electron chi connectivity index (χ3n) is 5.76. The maximum absolute atomic E-state index is 13.2. The summed E-state index contributed by atoms with van der Waals surface area (Å²) in [6, 6.07) is 11.2. The Labute approximate surface area is 239 Å². The third-order valence-corrected chi connectivity index (χ3v) is 7.44. The van der Waals surface area contributed by atoms with E-state index in [4.69, 9.17) is 31.5 Å². The van der Waals surface area contributed by atoms with E-state index in [-0.39, 0.29) is 43.8 Å². The predicted molar refractivity (Wildman–Crippen MR) is 150 cm³/mol. The Kier molecular flexibility index (Phi) is 9.67. The molecule has 0 bridgehead atoms. The summed E-state index contributed by atoms with van der Waals surface area (Å²) in [6.07, 6.45) is 0.304. The van der Waals surface area contributed by atoms with Crippen molar-refractivity contribution in [3.8, 4) is 40.5 Å². The molecule has 0 spiro atoms. The lowest BCUT2D eigenvalue weighted by Crippen LogP contribution is -2.25. The molecule has 0 aliphatic heterocycles. The van der Waals surface area contributed by atoms with Gasteiger partial charge in [-0.2, -0.15) is 10.5 Å². The van der Waals surface area contributed by atoms with Gasteiger partial charge in [0, 0.05) is 5.56 Å². The van der Waals surface area contributed by atoms with E-state index in [0.29, 0.717) is 29.2 Å². The van der Waals surface area contributed by atoms with Crippen LogP contribution in [0.25, 0.3) is 11.1 Å². The highest BCUT2D eigenvalue weighted by Crippen LogP contribution is 2.45. The summed E-state index contributed by atoms with van der Waals surface area (Å²) in [5, 5.41) is 31.5. The molecule has 3 aromatic rings. The van der Waals surface area contributed by atoms with Crippen LogP contribution in [0, 0.1) is 22.7 Å². The average molecular weight is 582 g/mol. The highest BCUT2D eigenvalue weighted by molar-refractivity contribution is 8.00. The summed E-state index contributed by atoms with van der Waals surface area (Å²) < 4.78 is 16.2. The number of carboxylic acids is 1. The molecule has 13 heteroatoms. The molecule has 0 fully saturated rings. The van der Waals surface area contributed by atoms with Crippen molar-refractivity contribution in [3.05, 3.63) is 52.0 Å². The second-order valence-corrected chi connectivity index (χ2v) is 9.67. The Hall–Kier alpha value is -4.65. The number of anilines is 2. The van der Waals surface area contributed by atoms with Crippen LogP contribution < -0.4 is 25.3 Å². The number of halogens is 1. The van der Waals surface area contributed by atoms with Crippen LogP contribution in [0.2, 0.25) is 5.02 Å². The van der Waals surface area contributed by atoms with Gasteiger partial charge in [-0.1, -0.05) is 30.3 Å². The smallest absolute Gasteiger partial charge is 0.335 e. The van der Waals surface area contributed by atoms with Gasteiger partial charge in [0.05, 0.1) is 48.4 Å². The normalized spacial score (nSPS) is 11.1. The first-order valence-electron chi connectivity index (χ1n) is 11.6. The molecule has 40 heavy (non-hydrogen) atoms. The zero-order valence-electron chi connectivity index (χ0n) is 21.9. The number of carboxylic acid groups (broad SMARTS) is 1. The van der Waals surface area contributed by atoms with Gasteiger partial charge in [-0.05, 0) is 42.3 Å². The molecule has 3 rings (SSSR count). The number of thioether (sulfide) groups is 1. The fraction of sp³-hybridized carbons (Fsp3) is 0.222. The van der Waals surface area contributed by atoms with Crippen molar-refractivity contribution in [1.82, 2.24) is 4.98 Å². The molecule has 1 aromatic heterocycles. The minimum absolute atomic E-state index is 0.0159. The van der Waals surface area contributed by atoms with E-state index in [9.17, 15) is 25.2 Å². The van der Waals surface area contributed by atoms with E-state index in [0.717, 1.165) is 11.8 Å². The quantitative estimate of drug-likeness (QED) is 0.275. The Morgan fingerprint density at radius 2 is 1.73 bits per heavy atom. The number of nitrogen functional groups attached to an aromatic ring is 1. The van der Waals surface area contributed by atoms with Crippen LogP contribution in [0.4, 0.5) is 11.5 Å². The molecule has 0 radical (unpaired) electrons. The topological polar surface area (TPSA) is 181 Å². The fourth-order valence-electron chi connectivity index (χ4n) is 3.82. The van der Waals surface area contributed by atoms with E-state index in [1.165, 1.54) is 39.5 Å². The number of aromatic nitrogens is 1. The zero-order valence-corrected chi connectivity index (χ0v) is 23.4. The molecule has 4 N–H and O–H groups in total. The number of nitriles is 2. The van der Waals surface area contributed by atoms with Gasteiger partial charge in [-0.3, -0.25) is 4.79 Å². The highest BCUT2D eigenvalue weighted by Gasteiger charge is 2.27. The van der Waals surface area contributed by atoms with Gasteiger partial charge in [0.15, 0.2) is 11.5 Å². The van der Waals surface area contributed by atoms with Gasteiger partial charge in [0.25, 0.3) is 0 Å². The molecule has 0 aliphatic carbocycles. The number of nitrogens with zero attached hydrogens (tertiary/aromatic N) is 3. The van der Waals surface area contributed by atoms with Crippen molar-refractivity contribution >= 4 is 46.7 Å². The number of carbonyl (C=O) groups excluding carboxylic acids is 1. The molecular weight excluding hydrogens is 558 g/mol. The SMILES string of the molecule is CCC(Sc1nc(N)c(C#N)c(-c2cc(OC)c(OC)c(OC)c2)c1C#N)C(=O)Nc1cc(C(=O)O)ccc1Cl. The Morgan fingerprint density at radius 1 is 1.10 bits per heavy atom. The second-order valence-electron chi connectivity index (χ2n) is 8.07. The van der Waals surface area contributed by atoms with Gasteiger partial charge >= 0.3 is 5.97 Å². The standard InChI is InChI=1S/C27H24ClN5O6S/c1-5-21(25(34)32-18-8-13(27(35)36)6-7-17(18)28)40-26-16(12-30)22(15(11-29)24(31)33-26)14-9-19(37-2)23(39-4)20(10-14)38-3/h6-10,21H,5H2,1-4H3,(H2,31,33)(H,32,34)(H,35,36). The number of rotatable bonds is 10. The van der Waals surface area contributed by atoms with Crippen molar-refractivity contribution < 1.29 is 28.9 Å². The number of nitrogens with one attached hydrogen (secondary N) is 1. The van der Waals surface area contributed by atoms with Crippen LogP contribution >= 0.6 is 23.4 Å². The molecule has 206 valence electrons. The van der Waals surface area contributed by atoms with Crippen molar-refractivity contribution in [2.24, 2.45) is 0 Å². The van der Waals surface area contributed by atoms with Crippen LogP contribution in [-0.2, 0) is 4.79 Å². The monoisotopic (exact) mass is 581 g/mol. The number of nitrogens with two attached hydrogens (primary N) is 1. The van der Waals surface area contributed by atoms with E-state index in [2.05, 4.69) is 16.4 Å². The number of benzene rings is 2. The van der Waals surface area contributed by atoms with Gasteiger partial charge < -0.3 is 30.4 Å². The minimum atomic E-state index is -1.18. The lowest BCUT2D eigenvalue weighted by atomic mass is 9.96. The third kappa shape index (κ3) is 5.99. The summed E-state index contributed by atoms with van der Waals surface area (Å²) in [5.41, 5.74) is 6.77. The van der Waals surface area contributed by atoms with Gasteiger partial charge in [-0.25, -0.2) is 9.78 Å². The van der Waals surface area contributed by atoms with Crippen molar-refractivity contribution in [2.75, 3.05) is 32.4 Å². The summed E-state index contributed by atoms with van der Waals surface area (Å²) in [6.45, 7) is 1.76. The zero-order chi connectivity index (χ0) is 29.6. The molecule has 0 saturated heterocycles. The summed E-state index contributed by atoms with van der Waals surface area (Å²) in [5.74, 6) is -0.916. The van der Waals surface area contributed by atoms with Crippen LogP contribution in [-0.4, -0.2) is 48.5 Å². The molecule has 0 aliphatic rings. The summed E-state index contributed by atoms with van der Waals surface area (Å²) >= 11 is 7.14. The number of ether oxygens (including phenoxy) is 3. The molecule has 2 aromatic carbocycles. The number of amides is 1. The Morgan fingerprint density at radius 3 is 2.23 bits per heavy atom. The summed E-state index contributed by atoms with van der Waals surface area (Å²) in [4.78, 5) is 28.8. The first kappa shape index (κ1) is 29.9. The van der Waals surface area contributed by atoms with Crippen molar-refractivity contribution in [3.63, 3.8) is 0 Å². The number of methoxy groups -OCH3 is 3. The van der Waals surface area contributed by atoms with Crippen LogP contribution in [0.15, 0.2) is 35.4 Å². The molecule has 0 saturated carbocycles. The molecular formula is C27H24ClN5O6S. The number of carbonyl (C=O) groups is 2. The number of aromatic carboxylic acids is 1. The lowest BCUT2D eigenvalue weighted by Gasteiger charge is -2.19. The highest BCUT2D eigenvalue weighted by atomic mass is 35.5. The van der Waals surface area contributed by atoms with Crippen molar-refractivity contribution in [1.29, 1.82) is 10.5 Å². The van der Waals surface area contributed by atoms with E-state index >= 15 is 0 Å². The maximum atomic E-state index is 13.2. The van der Waals surface area contributed by atoms with Crippen molar-refractivity contribution in [2.45, 2.75) is 23.6 Å². The molecule has 1 atom stereocenters. The number of hydrogen-bond acceptors (Lipinski definition) is 10. The van der Waals surface area contributed by atoms with E-state index in [1.807, 2.05) is 6.07 Å². The molecule has 1 heterocycles. The second kappa shape index (κ2) is 12.9. The minimum Gasteiger partial charge on any atom is -0.493 e. The average Bonchev–Trinajstić information content (AvgIpc) is 2.95. The van der Waals surface area contributed by atoms with E-state index < -0.39 is 17.1 Å². The maximum Gasteiger partial charge on any atom is 0.335 e. The van der Waals surface area contributed by atoms with Crippen LogP contribution in [0.3, 0.4) is 0 Å². The Balaban J connectivity index is 2.11. The van der Waals surface area contributed by atoms with Gasteiger partial charge in [-0.15, -0.1) is 0 Å². The predicted octanol–water partition coefficient (Wildman–Crippen LogP) is 4.96. The lowest BCUT2D eigenvalue weighted by molar-refractivity contribution is -0.115. The first-order chi connectivity index (χ1) is 19.1. The molecule has 11 nitrogen and oxygen atoms in total. The van der Waals surface area contributed by atoms with Gasteiger partial charge in [0.1, 0.15) is 28.5 Å². The number of hydrogen-bond donors (Lipinski definition) is 3. The largest absolute Gasteiger partial charge is 0.493 e. The van der Waals surface area contributed by atoms with Crippen LogP contribution in [0.5, 0.6) is 17.2 Å². The van der Waals surface area contributed by atoms with Crippen LogP contribution in [0.1, 0.15) is 34.8 Å². The number of pyridine rings is 1. The van der Waals surface area contributed by atoms with E-state index in [1.54, 1.807) is 19.1 Å². The fourth-order valence-corrected chi connectivity index (χ4v) is 5.01. The summed E-state index contributed by atoms with van der Waals surface area (Å²) in [7, 11) is 4.31. The molecule has 1 unspecified atom stereocenters. The van der Waals surface area contributed by atoms with Gasteiger partial charge in [0.2, 0.25) is 11.7 Å². The molecule has 1 amide bonds. The first-order valence-corrected chi connectivity index (χ1v) is 12.8.